The quantitative estimate of drug-likeness (QED) is 0.844. The van der Waals surface area contributed by atoms with Crippen molar-refractivity contribution in [3.05, 3.63) is 33.3 Å². The molecule has 1 fully saturated rings. The van der Waals surface area contributed by atoms with Crippen molar-refractivity contribution in [3.8, 4) is 0 Å². The Morgan fingerprint density at radius 2 is 2.36 bits per heavy atom. The van der Waals surface area contributed by atoms with E-state index in [1.54, 1.807) is 0 Å². The number of halogens is 2. The third-order valence-electron chi connectivity index (χ3n) is 2.18. The Kier molecular flexibility index (Phi) is 3.77. The zero-order valence-corrected chi connectivity index (χ0v) is 10.8. The summed E-state index contributed by atoms with van der Waals surface area (Å²) in [5.74, 6) is 1.22. The SMILES string of the molecule is Clc1ccc(Br)c(C2NCCCS2)c1. The van der Waals surface area contributed by atoms with Gasteiger partial charge < -0.3 is 5.32 Å². The summed E-state index contributed by atoms with van der Waals surface area (Å²) in [7, 11) is 0. The van der Waals surface area contributed by atoms with Crippen LogP contribution in [0.2, 0.25) is 5.02 Å². The molecule has 2 rings (SSSR count). The lowest BCUT2D eigenvalue weighted by Crippen LogP contribution is -2.25. The van der Waals surface area contributed by atoms with Crippen LogP contribution in [0.5, 0.6) is 0 Å². The maximum absolute atomic E-state index is 5.98. The molecular formula is C10H11BrClNS. The van der Waals surface area contributed by atoms with Crippen LogP contribution >= 0.6 is 39.3 Å². The predicted octanol–water partition coefficient (Wildman–Crippen LogP) is 3.83. The Morgan fingerprint density at radius 3 is 3.07 bits per heavy atom. The Labute approximate surface area is 102 Å². The first-order chi connectivity index (χ1) is 6.77. The van der Waals surface area contributed by atoms with Gasteiger partial charge in [0, 0.05) is 9.50 Å². The van der Waals surface area contributed by atoms with Gasteiger partial charge >= 0.3 is 0 Å². The van der Waals surface area contributed by atoms with Crippen molar-refractivity contribution in [3.63, 3.8) is 0 Å². The fourth-order valence-corrected chi connectivity index (χ4v) is 3.45. The highest BCUT2D eigenvalue weighted by molar-refractivity contribution is 9.10. The summed E-state index contributed by atoms with van der Waals surface area (Å²) >= 11 is 11.5. The van der Waals surface area contributed by atoms with Gasteiger partial charge in [0.2, 0.25) is 0 Å². The molecular weight excluding hydrogens is 282 g/mol. The monoisotopic (exact) mass is 291 g/mol. The van der Waals surface area contributed by atoms with Crippen LogP contribution in [-0.4, -0.2) is 12.3 Å². The molecule has 0 amide bonds. The molecule has 1 unspecified atom stereocenters. The Hall–Kier alpha value is 0.300. The minimum Gasteiger partial charge on any atom is -0.302 e. The topological polar surface area (TPSA) is 12.0 Å². The van der Waals surface area contributed by atoms with Gasteiger partial charge in [0.05, 0.1) is 5.37 Å². The van der Waals surface area contributed by atoms with Crippen LogP contribution < -0.4 is 5.32 Å². The highest BCUT2D eigenvalue weighted by Crippen LogP contribution is 2.35. The first kappa shape index (κ1) is 10.8. The molecule has 1 N–H and O–H groups in total. The van der Waals surface area contributed by atoms with E-state index in [1.807, 2.05) is 30.0 Å². The molecule has 0 bridgehead atoms. The lowest BCUT2D eigenvalue weighted by Gasteiger charge is -2.24. The molecule has 14 heavy (non-hydrogen) atoms. The third-order valence-corrected chi connectivity index (χ3v) is 4.41. The molecule has 0 saturated carbocycles. The second-order valence-electron chi connectivity index (χ2n) is 3.22. The number of rotatable bonds is 1. The van der Waals surface area contributed by atoms with Gasteiger partial charge in [-0.25, -0.2) is 0 Å². The average Bonchev–Trinajstić information content (AvgIpc) is 2.23. The summed E-state index contributed by atoms with van der Waals surface area (Å²) in [4.78, 5) is 0. The van der Waals surface area contributed by atoms with Crippen molar-refractivity contribution in [2.45, 2.75) is 11.8 Å². The largest absolute Gasteiger partial charge is 0.302 e. The molecule has 0 aliphatic carbocycles. The Bertz CT molecular complexity index is 326. The van der Waals surface area contributed by atoms with Gasteiger partial charge in [-0.1, -0.05) is 27.5 Å². The summed E-state index contributed by atoms with van der Waals surface area (Å²) in [5, 5.41) is 4.67. The van der Waals surface area contributed by atoms with Crippen LogP contribution in [0.25, 0.3) is 0 Å². The zero-order valence-electron chi connectivity index (χ0n) is 7.59. The van der Waals surface area contributed by atoms with Gasteiger partial charge in [-0.2, -0.15) is 0 Å². The molecule has 1 aliphatic rings. The lowest BCUT2D eigenvalue weighted by molar-refractivity contribution is 0.641. The van der Waals surface area contributed by atoms with E-state index in [2.05, 4.69) is 21.2 Å². The predicted molar refractivity (Wildman–Crippen MR) is 67.0 cm³/mol. The van der Waals surface area contributed by atoms with Crippen LogP contribution in [0.4, 0.5) is 0 Å². The van der Waals surface area contributed by atoms with Crippen LogP contribution in [-0.2, 0) is 0 Å². The smallest absolute Gasteiger partial charge is 0.0800 e. The molecule has 0 aromatic heterocycles. The van der Waals surface area contributed by atoms with Crippen LogP contribution in [0.3, 0.4) is 0 Å². The molecule has 1 aliphatic heterocycles. The molecule has 1 saturated heterocycles. The first-order valence-electron chi connectivity index (χ1n) is 4.57. The molecule has 1 nitrogen and oxygen atoms in total. The van der Waals surface area contributed by atoms with Crippen LogP contribution in [0.1, 0.15) is 17.4 Å². The van der Waals surface area contributed by atoms with Crippen LogP contribution in [0.15, 0.2) is 22.7 Å². The molecule has 1 aromatic carbocycles. The van der Waals surface area contributed by atoms with Crippen molar-refractivity contribution in [2.24, 2.45) is 0 Å². The van der Waals surface area contributed by atoms with E-state index in [-0.39, 0.29) is 0 Å². The summed E-state index contributed by atoms with van der Waals surface area (Å²) < 4.78 is 1.13. The van der Waals surface area contributed by atoms with E-state index in [9.17, 15) is 0 Å². The number of benzene rings is 1. The third kappa shape index (κ3) is 2.45. The first-order valence-corrected chi connectivity index (χ1v) is 6.79. The summed E-state index contributed by atoms with van der Waals surface area (Å²) in [5.41, 5.74) is 1.25. The van der Waals surface area contributed by atoms with Crippen molar-refractivity contribution in [1.82, 2.24) is 5.32 Å². The number of thioether (sulfide) groups is 1. The fraction of sp³-hybridized carbons (Fsp3) is 0.400. The standard InChI is InChI=1S/C10H11BrClNS/c11-9-3-2-7(12)6-8(9)10-13-4-1-5-14-10/h2-3,6,10,13H,1,4-5H2. The lowest BCUT2D eigenvalue weighted by atomic mass is 10.2. The van der Waals surface area contributed by atoms with Gasteiger partial charge in [0.15, 0.2) is 0 Å². The van der Waals surface area contributed by atoms with Crippen molar-refractivity contribution in [2.75, 3.05) is 12.3 Å². The van der Waals surface area contributed by atoms with Gasteiger partial charge in [-0.15, -0.1) is 11.8 Å². The van der Waals surface area contributed by atoms with E-state index in [0.717, 1.165) is 16.0 Å². The van der Waals surface area contributed by atoms with Crippen LogP contribution in [0, 0.1) is 0 Å². The van der Waals surface area contributed by atoms with E-state index in [1.165, 1.54) is 17.7 Å². The van der Waals surface area contributed by atoms with Gasteiger partial charge in [0.1, 0.15) is 0 Å². The maximum Gasteiger partial charge on any atom is 0.0800 e. The maximum atomic E-state index is 5.98. The van der Waals surface area contributed by atoms with Gasteiger partial charge in [0.25, 0.3) is 0 Å². The Balaban J connectivity index is 2.24. The highest BCUT2D eigenvalue weighted by atomic mass is 79.9. The minimum absolute atomic E-state index is 0.386. The number of hydrogen-bond acceptors (Lipinski definition) is 2. The highest BCUT2D eigenvalue weighted by Gasteiger charge is 2.17. The second-order valence-corrected chi connectivity index (χ2v) is 5.73. The number of hydrogen-bond donors (Lipinski definition) is 1. The fourth-order valence-electron chi connectivity index (χ4n) is 1.48. The van der Waals surface area contributed by atoms with Gasteiger partial charge in [-0.3, -0.25) is 0 Å². The molecule has 0 radical (unpaired) electrons. The van der Waals surface area contributed by atoms with E-state index in [4.69, 9.17) is 11.6 Å². The van der Waals surface area contributed by atoms with E-state index < -0.39 is 0 Å². The van der Waals surface area contributed by atoms with E-state index >= 15 is 0 Å². The van der Waals surface area contributed by atoms with Crippen molar-refractivity contribution in [1.29, 1.82) is 0 Å². The number of nitrogens with one attached hydrogen (secondary N) is 1. The molecule has 1 atom stereocenters. The van der Waals surface area contributed by atoms with Crippen molar-refractivity contribution >= 4 is 39.3 Å². The van der Waals surface area contributed by atoms with E-state index in [0.29, 0.717) is 5.37 Å². The second kappa shape index (κ2) is 4.88. The summed E-state index contributed by atoms with van der Waals surface area (Å²) in [6.45, 7) is 1.09. The van der Waals surface area contributed by atoms with Gasteiger partial charge in [-0.05, 0) is 42.5 Å². The minimum atomic E-state index is 0.386. The summed E-state index contributed by atoms with van der Waals surface area (Å²) in [6.07, 6.45) is 1.25. The summed E-state index contributed by atoms with van der Waals surface area (Å²) in [6, 6.07) is 5.94. The zero-order chi connectivity index (χ0) is 9.97. The Morgan fingerprint density at radius 1 is 1.50 bits per heavy atom. The molecule has 1 aromatic rings. The molecule has 76 valence electrons. The molecule has 4 heteroatoms. The van der Waals surface area contributed by atoms with Crippen molar-refractivity contribution < 1.29 is 0 Å². The normalized spacial score (nSPS) is 22.3. The molecule has 1 heterocycles. The molecule has 0 spiro atoms. The average molecular weight is 293 g/mol.